The highest BCUT2D eigenvalue weighted by Gasteiger charge is 2.56. The van der Waals surface area contributed by atoms with E-state index in [0.29, 0.717) is 50.4 Å². The molecule has 5 aliphatic rings. The third-order valence-electron chi connectivity index (χ3n) is 11.8. The van der Waals surface area contributed by atoms with Crippen molar-refractivity contribution in [3.8, 4) is 0 Å². The number of dihydropyridines is 1. The summed E-state index contributed by atoms with van der Waals surface area (Å²) < 4.78 is 43.7. The number of carbonyl (C=O) groups is 1. The third-order valence-corrected chi connectivity index (χ3v) is 12.3. The molecule has 12 heteroatoms. The lowest BCUT2D eigenvalue weighted by Gasteiger charge is -2.43. The molecule has 48 heavy (non-hydrogen) atoms. The van der Waals surface area contributed by atoms with Gasteiger partial charge >= 0.3 is 0 Å². The van der Waals surface area contributed by atoms with Crippen molar-refractivity contribution in [3.05, 3.63) is 69.9 Å². The number of benzene rings is 1. The molecular weight excluding hydrogens is 638 g/mol. The molecule has 260 valence electrons. The van der Waals surface area contributed by atoms with Gasteiger partial charge in [-0.25, -0.2) is 13.8 Å². The van der Waals surface area contributed by atoms with Crippen LogP contribution < -0.4 is 5.32 Å². The molecule has 3 fully saturated rings. The van der Waals surface area contributed by atoms with Crippen LogP contribution in [0, 0.1) is 17.6 Å². The first kappa shape index (κ1) is 33.6. The number of likely N-dealkylation sites (tertiary alicyclic amines) is 1. The Morgan fingerprint density at radius 3 is 2.54 bits per heavy atom. The largest absolute Gasteiger partial charge is 0.381 e. The van der Waals surface area contributed by atoms with Crippen molar-refractivity contribution in [1.82, 2.24) is 29.9 Å². The van der Waals surface area contributed by atoms with E-state index in [-0.39, 0.29) is 30.0 Å². The quantitative estimate of drug-likeness (QED) is 0.450. The van der Waals surface area contributed by atoms with Gasteiger partial charge in [-0.15, -0.1) is 0 Å². The minimum absolute atomic E-state index is 0.0394. The van der Waals surface area contributed by atoms with Gasteiger partial charge in [-0.2, -0.15) is 5.10 Å². The topological polar surface area (TPSA) is 84.8 Å². The molecule has 1 aromatic carbocycles. The average Bonchev–Trinajstić information content (AvgIpc) is 3.79. The molecule has 1 amide bonds. The summed E-state index contributed by atoms with van der Waals surface area (Å²) in [4.78, 5) is 23.4. The second-order valence-corrected chi connectivity index (χ2v) is 15.4. The van der Waals surface area contributed by atoms with Gasteiger partial charge in [0, 0.05) is 73.7 Å². The number of aryl methyl sites for hydroxylation is 1. The van der Waals surface area contributed by atoms with Crippen molar-refractivity contribution in [2.75, 3.05) is 33.4 Å². The summed E-state index contributed by atoms with van der Waals surface area (Å²) in [5.41, 5.74) is 1.36. The second-order valence-electron chi connectivity index (χ2n) is 15.0. The third kappa shape index (κ3) is 5.78. The normalized spacial score (nSPS) is 29.4. The lowest BCUT2D eigenvalue weighted by molar-refractivity contribution is -0.143. The molecule has 1 saturated carbocycles. The number of fused-ring (bicyclic) bond motifs is 1. The van der Waals surface area contributed by atoms with Crippen molar-refractivity contribution >= 4 is 17.5 Å². The molecule has 0 bridgehead atoms. The number of ether oxygens (including phenoxy) is 2. The standard InChI is InChI=1S/C36H47ClF2N6O3/c1-21-29(37)19-28-31(42-21)36(48-32(28)35(2,3)34-40-20-41-44(34)5)10-12-45(13-11-36)33(46)27-18-24(43(4)23-8-14-47-15-9-23)17-26(27)25-7-6-22(38)16-30(25)39/h6-7,16,19-21,23-24,26-27,32,42H,8-15,17-18H2,1-5H3/t21?,24?,26-,27+,32?/m0/s1. The summed E-state index contributed by atoms with van der Waals surface area (Å²) in [6, 6.07) is 4.20. The average molecular weight is 685 g/mol. The smallest absolute Gasteiger partial charge is 0.226 e. The maximum absolute atomic E-state index is 15.3. The van der Waals surface area contributed by atoms with Crippen LogP contribution >= 0.6 is 11.6 Å². The van der Waals surface area contributed by atoms with Crippen LogP contribution in [0.5, 0.6) is 0 Å². The highest BCUT2D eigenvalue weighted by molar-refractivity contribution is 6.30. The van der Waals surface area contributed by atoms with E-state index in [0.717, 1.165) is 54.2 Å². The fraction of sp³-hybridized carbons (Fsp3) is 0.639. The lowest BCUT2D eigenvalue weighted by atomic mass is 9.79. The molecule has 5 atom stereocenters. The fourth-order valence-electron chi connectivity index (χ4n) is 9.04. The Kier molecular flexibility index (Phi) is 8.96. The molecule has 0 radical (unpaired) electrons. The zero-order chi connectivity index (χ0) is 34.0. The summed E-state index contributed by atoms with van der Waals surface area (Å²) in [6.45, 7) is 8.74. The van der Waals surface area contributed by atoms with E-state index in [4.69, 9.17) is 21.1 Å². The molecule has 4 aliphatic heterocycles. The van der Waals surface area contributed by atoms with E-state index in [1.54, 1.807) is 11.0 Å². The van der Waals surface area contributed by atoms with E-state index in [1.807, 2.05) is 24.9 Å². The van der Waals surface area contributed by atoms with Crippen molar-refractivity contribution < 1.29 is 23.0 Å². The molecule has 1 aromatic heterocycles. The molecular formula is C36H47ClF2N6O3. The van der Waals surface area contributed by atoms with Gasteiger partial charge in [-0.1, -0.05) is 17.7 Å². The molecule has 7 rings (SSSR count). The number of amides is 1. The molecule has 3 unspecified atom stereocenters. The Hall–Kier alpha value is -2.86. The number of nitrogens with zero attached hydrogens (tertiary/aromatic N) is 5. The number of aromatic nitrogens is 3. The zero-order valence-electron chi connectivity index (χ0n) is 28.5. The van der Waals surface area contributed by atoms with Crippen LogP contribution in [0.2, 0.25) is 0 Å². The maximum atomic E-state index is 15.3. The highest BCUT2D eigenvalue weighted by Crippen LogP contribution is 2.51. The van der Waals surface area contributed by atoms with Crippen LogP contribution in [0.4, 0.5) is 8.78 Å². The molecule has 1 N–H and O–H groups in total. The van der Waals surface area contributed by atoms with Crippen molar-refractivity contribution in [3.63, 3.8) is 0 Å². The maximum Gasteiger partial charge on any atom is 0.226 e. The number of rotatable bonds is 6. The summed E-state index contributed by atoms with van der Waals surface area (Å²) in [6.07, 6.45) is 7.67. The molecule has 2 aromatic rings. The first-order chi connectivity index (χ1) is 22.9. The van der Waals surface area contributed by atoms with Crippen LogP contribution in [-0.2, 0) is 26.7 Å². The second kappa shape index (κ2) is 12.8. The van der Waals surface area contributed by atoms with Crippen molar-refractivity contribution in [2.24, 2.45) is 13.0 Å². The van der Waals surface area contributed by atoms with Gasteiger partial charge in [0.1, 0.15) is 29.4 Å². The van der Waals surface area contributed by atoms with Crippen LogP contribution in [0.1, 0.15) is 76.6 Å². The van der Waals surface area contributed by atoms with E-state index in [2.05, 4.69) is 41.2 Å². The van der Waals surface area contributed by atoms with Crippen LogP contribution in [0.15, 0.2) is 46.9 Å². The highest BCUT2D eigenvalue weighted by atomic mass is 35.5. The van der Waals surface area contributed by atoms with Gasteiger partial charge in [0.15, 0.2) is 0 Å². The van der Waals surface area contributed by atoms with E-state index in [9.17, 15) is 9.18 Å². The van der Waals surface area contributed by atoms with E-state index < -0.39 is 28.6 Å². The Balaban J connectivity index is 1.13. The predicted molar refractivity (Wildman–Crippen MR) is 178 cm³/mol. The Morgan fingerprint density at radius 1 is 1.15 bits per heavy atom. The van der Waals surface area contributed by atoms with Crippen LogP contribution in [0.3, 0.4) is 0 Å². The monoisotopic (exact) mass is 684 g/mol. The molecule has 2 saturated heterocycles. The molecule has 1 aliphatic carbocycles. The first-order valence-corrected chi connectivity index (χ1v) is 17.7. The Morgan fingerprint density at radius 2 is 1.88 bits per heavy atom. The minimum atomic E-state index is -0.612. The summed E-state index contributed by atoms with van der Waals surface area (Å²) in [7, 11) is 4.01. The van der Waals surface area contributed by atoms with Gasteiger partial charge < -0.3 is 24.6 Å². The fourth-order valence-corrected chi connectivity index (χ4v) is 9.21. The van der Waals surface area contributed by atoms with Crippen molar-refractivity contribution in [2.45, 2.75) is 100 Å². The van der Waals surface area contributed by atoms with Gasteiger partial charge in [0.05, 0.1) is 17.6 Å². The summed E-state index contributed by atoms with van der Waals surface area (Å²) in [5.74, 6) is -1.07. The molecule has 5 heterocycles. The van der Waals surface area contributed by atoms with Crippen LogP contribution in [0.25, 0.3) is 0 Å². The molecule has 9 nitrogen and oxygen atoms in total. The van der Waals surface area contributed by atoms with E-state index in [1.165, 1.54) is 12.1 Å². The van der Waals surface area contributed by atoms with Crippen LogP contribution in [-0.4, -0.2) is 93.7 Å². The minimum Gasteiger partial charge on any atom is -0.381 e. The van der Waals surface area contributed by atoms with Gasteiger partial charge in [0.25, 0.3) is 0 Å². The van der Waals surface area contributed by atoms with Gasteiger partial charge in [-0.05, 0) is 90.0 Å². The Bertz CT molecular complexity index is 1610. The summed E-state index contributed by atoms with van der Waals surface area (Å²) >= 11 is 6.70. The first-order valence-electron chi connectivity index (χ1n) is 17.3. The van der Waals surface area contributed by atoms with Gasteiger partial charge in [-0.3, -0.25) is 9.48 Å². The number of hydrogen-bond donors (Lipinski definition) is 1. The van der Waals surface area contributed by atoms with Crippen molar-refractivity contribution in [1.29, 1.82) is 0 Å². The molecule has 1 spiro atoms. The lowest BCUT2D eigenvalue weighted by Crippen LogP contribution is -2.53. The number of carbonyl (C=O) groups excluding carboxylic acids is 1. The van der Waals surface area contributed by atoms with E-state index >= 15 is 4.39 Å². The Labute approximate surface area is 286 Å². The summed E-state index contributed by atoms with van der Waals surface area (Å²) in [5, 5.41) is 8.70. The number of piperidine rings is 1. The predicted octanol–water partition coefficient (Wildman–Crippen LogP) is 5.17. The SMILES string of the molecule is CC1NC2=C(C=C1Cl)C(C(C)(C)c1ncnn1C)OC21CCN(C(=O)[C@@H]2CC(N(C)C3CCOCC3)C[C@H]2c2ccc(F)cc2F)CC1. The number of halogens is 3. The number of hydrogen-bond acceptors (Lipinski definition) is 7. The number of nitrogens with one attached hydrogen (secondary N) is 1. The zero-order valence-corrected chi connectivity index (χ0v) is 29.3. The van der Waals surface area contributed by atoms with Gasteiger partial charge in [0.2, 0.25) is 5.91 Å².